The molecule has 0 radical (unpaired) electrons. The molecule has 3 aromatic rings. The average Bonchev–Trinajstić information content (AvgIpc) is 2.97. The number of rotatable bonds is 1. The Morgan fingerprint density at radius 2 is 1.65 bits per heavy atom. The molecule has 20 heavy (non-hydrogen) atoms. The first-order valence-electron chi connectivity index (χ1n) is 6.48. The van der Waals surface area contributed by atoms with E-state index in [1.807, 2.05) is 12.1 Å². The Kier molecular flexibility index (Phi) is 2.64. The van der Waals surface area contributed by atoms with Gasteiger partial charge in [0.15, 0.2) is 0 Å². The van der Waals surface area contributed by atoms with Crippen molar-refractivity contribution in [2.24, 2.45) is 4.99 Å². The largest absolute Gasteiger partial charge is 0.339 e. The molecule has 1 aliphatic rings. The smallest absolute Gasteiger partial charge is 0.139 e. The molecule has 2 heterocycles. The van der Waals surface area contributed by atoms with Gasteiger partial charge in [-0.25, -0.2) is 4.99 Å². The molecule has 0 aliphatic carbocycles. The van der Waals surface area contributed by atoms with E-state index in [4.69, 9.17) is 4.99 Å². The van der Waals surface area contributed by atoms with Crippen molar-refractivity contribution in [1.82, 2.24) is 0 Å². The Morgan fingerprint density at radius 1 is 0.850 bits per heavy atom. The van der Waals surface area contributed by atoms with Crippen LogP contribution in [0.1, 0.15) is 5.56 Å². The molecule has 0 spiro atoms. The van der Waals surface area contributed by atoms with Crippen LogP contribution in [0.25, 0.3) is 11.1 Å². The number of hydrogen-bond donors (Lipinski definition) is 1. The van der Waals surface area contributed by atoms with E-state index in [2.05, 4.69) is 58.5 Å². The second-order valence-electron chi connectivity index (χ2n) is 4.66. The van der Waals surface area contributed by atoms with Gasteiger partial charge in [-0.1, -0.05) is 36.4 Å². The van der Waals surface area contributed by atoms with Crippen molar-refractivity contribution in [1.29, 1.82) is 0 Å². The summed E-state index contributed by atoms with van der Waals surface area (Å²) in [5, 5.41) is 7.65. The highest BCUT2D eigenvalue weighted by molar-refractivity contribution is 7.08. The van der Waals surface area contributed by atoms with Gasteiger partial charge < -0.3 is 5.32 Å². The molecule has 1 N–H and O–H groups in total. The Balaban J connectivity index is 1.98. The quantitative estimate of drug-likeness (QED) is 0.670. The van der Waals surface area contributed by atoms with E-state index in [9.17, 15) is 0 Å². The molecule has 1 aromatic heterocycles. The Hall–Kier alpha value is -2.39. The number of benzene rings is 2. The minimum absolute atomic E-state index is 0.906. The van der Waals surface area contributed by atoms with Gasteiger partial charge in [-0.3, -0.25) is 0 Å². The van der Waals surface area contributed by atoms with Gasteiger partial charge in [-0.2, -0.15) is 11.3 Å². The highest BCUT2D eigenvalue weighted by Gasteiger charge is 2.16. The third kappa shape index (κ3) is 1.84. The lowest BCUT2D eigenvalue weighted by molar-refractivity contribution is 1.51. The Labute approximate surface area is 121 Å². The molecule has 0 atom stereocenters. The van der Waals surface area contributed by atoms with Crippen molar-refractivity contribution in [3.05, 3.63) is 70.9 Å². The molecule has 3 heteroatoms. The molecule has 96 valence electrons. The molecule has 1 aliphatic heterocycles. The molecule has 0 saturated heterocycles. The molecule has 0 fully saturated rings. The number of nitrogens with one attached hydrogen (secondary N) is 1. The molecule has 2 nitrogen and oxygen atoms in total. The van der Waals surface area contributed by atoms with Crippen molar-refractivity contribution in [2.45, 2.75) is 0 Å². The maximum Gasteiger partial charge on any atom is 0.139 e. The van der Waals surface area contributed by atoms with Crippen LogP contribution in [0.2, 0.25) is 0 Å². The number of hydrogen-bond acceptors (Lipinski definition) is 3. The Bertz CT molecular complexity index is 788. The van der Waals surface area contributed by atoms with Crippen molar-refractivity contribution in [3.8, 4) is 11.1 Å². The highest BCUT2D eigenvalue weighted by Crippen LogP contribution is 2.37. The van der Waals surface area contributed by atoms with Crippen molar-refractivity contribution in [2.75, 3.05) is 5.32 Å². The number of nitrogens with zero attached hydrogens (tertiary/aromatic N) is 1. The fraction of sp³-hybridized carbons (Fsp3) is 0. The summed E-state index contributed by atoms with van der Waals surface area (Å²) in [7, 11) is 0. The second-order valence-corrected chi connectivity index (χ2v) is 5.44. The SMILES string of the molecule is c1ccc2c(c1)N=C(c1ccsc1)Nc1ccccc1-2. The first-order chi connectivity index (χ1) is 9.92. The lowest BCUT2D eigenvalue weighted by Crippen LogP contribution is -2.11. The summed E-state index contributed by atoms with van der Waals surface area (Å²) in [4.78, 5) is 4.81. The highest BCUT2D eigenvalue weighted by atomic mass is 32.1. The monoisotopic (exact) mass is 276 g/mol. The van der Waals surface area contributed by atoms with Crippen molar-refractivity contribution >= 4 is 28.5 Å². The van der Waals surface area contributed by atoms with Crippen LogP contribution in [0.5, 0.6) is 0 Å². The summed E-state index contributed by atoms with van der Waals surface area (Å²) in [6.45, 7) is 0. The second kappa shape index (κ2) is 4.62. The van der Waals surface area contributed by atoms with Gasteiger partial charge in [0, 0.05) is 27.8 Å². The molecule has 2 aromatic carbocycles. The minimum Gasteiger partial charge on any atom is -0.339 e. The van der Waals surface area contributed by atoms with Crippen LogP contribution in [-0.2, 0) is 0 Å². The first-order valence-corrected chi connectivity index (χ1v) is 7.43. The number of para-hydroxylation sites is 2. The van der Waals surface area contributed by atoms with E-state index in [1.54, 1.807) is 11.3 Å². The maximum absolute atomic E-state index is 4.81. The van der Waals surface area contributed by atoms with Gasteiger partial charge in [-0.15, -0.1) is 0 Å². The zero-order valence-electron chi connectivity index (χ0n) is 10.7. The zero-order valence-corrected chi connectivity index (χ0v) is 11.5. The van der Waals surface area contributed by atoms with Gasteiger partial charge >= 0.3 is 0 Å². The molecule has 0 saturated carbocycles. The third-order valence-electron chi connectivity index (χ3n) is 3.40. The van der Waals surface area contributed by atoms with Gasteiger partial charge in [0.2, 0.25) is 0 Å². The van der Waals surface area contributed by atoms with Crippen LogP contribution >= 0.6 is 11.3 Å². The number of anilines is 1. The standard InChI is InChI=1S/C17H12N2S/c1-3-7-15-13(5-1)14-6-2-4-8-16(14)19-17(18-15)12-9-10-20-11-12/h1-11H,(H,18,19). The maximum atomic E-state index is 4.81. The van der Waals surface area contributed by atoms with Crippen LogP contribution < -0.4 is 5.32 Å². The summed E-state index contributed by atoms with van der Waals surface area (Å²) >= 11 is 1.68. The summed E-state index contributed by atoms with van der Waals surface area (Å²) in [6.07, 6.45) is 0. The van der Waals surface area contributed by atoms with Gasteiger partial charge in [0.05, 0.1) is 5.69 Å². The predicted molar refractivity (Wildman–Crippen MR) is 86.0 cm³/mol. The minimum atomic E-state index is 0.906. The van der Waals surface area contributed by atoms with Gasteiger partial charge in [0.25, 0.3) is 0 Å². The summed E-state index contributed by atoms with van der Waals surface area (Å²) in [6, 6.07) is 18.7. The zero-order chi connectivity index (χ0) is 13.4. The van der Waals surface area contributed by atoms with Crippen molar-refractivity contribution in [3.63, 3.8) is 0 Å². The topological polar surface area (TPSA) is 24.4 Å². The molecule has 0 bridgehead atoms. The third-order valence-corrected chi connectivity index (χ3v) is 4.08. The van der Waals surface area contributed by atoms with Crippen LogP contribution in [0.4, 0.5) is 11.4 Å². The van der Waals surface area contributed by atoms with Crippen LogP contribution in [0.15, 0.2) is 70.3 Å². The van der Waals surface area contributed by atoms with E-state index >= 15 is 0 Å². The van der Waals surface area contributed by atoms with E-state index < -0.39 is 0 Å². The van der Waals surface area contributed by atoms with E-state index in [0.717, 1.165) is 22.8 Å². The Morgan fingerprint density at radius 3 is 2.50 bits per heavy atom. The summed E-state index contributed by atoms with van der Waals surface area (Å²) in [5.74, 6) is 0.906. The summed E-state index contributed by atoms with van der Waals surface area (Å²) in [5.41, 5.74) is 5.59. The summed E-state index contributed by atoms with van der Waals surface area (Å²) < 4.78 is 0. The number of fused-ring (bicyclic) bond motifs is 3. The van der Waals surface area contributed by atoms with Crippen molar-refractivity contribution < 1.29 is 0 Å². The number of aliphatic imine (C=N–C) groups is 1. The molecular formula is C17H12N2S. The number of amidine groups is 1. The van der Waals surface area contributed by atoms with Crippen LogP contribution in [-0.4, -0.2) is 5.84 Å². The fourth-order valence-corrected chi connectivity index (χ4v) is 3.08. The van der Waals surface area contributed by atoms with E-state index in [-0.39, 0.29) is 0 Å². The van der Waals surface area contributed by atoms with Crippen LogP contribution in [0, 0.1) is 0 Å². The fourth-order valence-electron chi connectivity index (χ4n) is 2.44. The molecule has 4 rings (SSSR count). The van der Waals surface area contributed by atoms with E-state index in [0.29, 0.717) is 0 Å². The lowest BCUT2D eigenvalue weighted by Gasteiger charge is -2.09. The first kappa shape index (κ1) is 11.4. The predicted octanol–water partition coefficient (Wildman–Crippen LogP) is 4.92. The van der Waals surface area contributed by atoms with E-state index in [1.165, 1.54) is 11.1 Å². The average molecular weight is 276 g/mol. The van der Waals surface area contributed by atoms with Gasteiger partial charge in [0.1, 0.15) is 5.84 Å². The molecule has 0 unspecified atom stereocenters. The molecule has 0 amide bonds. The normalized spacial score (nSPS) is 12.7. The molecular weight excluding hydrogens is 264 g/mol. The van der Waals surface area contributed by atoms with Gasteiger partial charge in [-0.05, 0) is 23.6 Å². The number of thiophene rings is 1. The lowest BCUT2D eigenvalue weighted by atomic mass is 10.0. The van der Waals surface area contributed by atoms with Crippen LogP contribution in [0.3, 0.4) is 0 Å².